The van der Waals surface area contributed by atoms with E-state index in [1.165, 1.54) is 122 Å². The molecule has 0 aromatic heterocycles. The van der Waals surface area contributed by atoms with Crippen LogP contribution in [-0.2, 0) is 14.9 Å². The number of hydrogen-bond donors (Lipinski definition) is 4. The molecule has 3 atom stereocenters. The van der Waals surface area contributed by atoms with E-state index >= 15 is 0 Å². The molecule has 0 aromatic rings. The highest BCUT2D eigenvalue weighted by Gasteiger charge is 2.27. The van der Waals surface area contributed by atoms with Crippen molar-refractivity contribution in [2.24, 2.45) is 0 Å². The monoisotopic (exact) mass is 712 g/mol. The summed E-state index contributed by atoms with van der Waals surface area (Å²) in [6, 6.07) is -1.23. The Morgan fingerprint density at radius 2 is 1.02 bits per heavy atom. The molecule has 0 radical (unpaired) electrons. The molecule has 0 aliphatic heterocycles. The maximum atomic E-state index is 12.6. The summed E-state index contributed by atoms with van der Waals surface area (Å²) < 4.78 is 32.5. The molecule has 0 rings (SSSR count). The first-order valence-corrected chi connectivity index (χ1v) is 21.9. The lowest BCUT2D eigenvalue weighted by atomic mass is 10.0. The molecule has 49 heavy (non-hydrogen) atoms. The fourth-order valence-corrected chi connectivity index (χ4v) is 6.82. The standard InChI is InChI=1S/C41H77NO6S/c1-3-5-7-9-11-13-15-17-18-19-20-21-22-23-24-26-28-30-32-34-36-40(44)41(45)42-38(37-49(46,47)48)39(43)35-33-31-29-27-25-16-14-12-10-8-6-4-2/h5,7,11,13,33,35,38-40,43-44H,3-4,6,8-10,12,14-32,34,36-37H2,1-2H3,(H,42,45)(H,46,47,48)/b7-5-,13-11-,35-33+. The van der Waals surface area contributed by atoms with E-state index in [-0.39, 0.29) is 6.42 Å². The normalized spacial score (nSPS) is 14.3. The van der Waals surface area contributed by atoms with Gasteiger partial charge in [0, 0.05) is 0 Å². The molecule has 0 bridgehead atoms. The van der Waals surface area contributed by atoms with Gasteiger partial charge >= 0.3 is 0 Å². The van der Waals surface area contributed by atoms with Gasteiger partial charge in [-0.3, -0.25) is 9.35 Å². The van der Waals surface area contributed by atoms with Crippen molar-refractivity contribution in [2.45, 2.75) is 212 Å². The molecule has 0 saturated carbocycles. The lowest BCUT2D eigenvalue weighted by molar-refractivity contribution is -0.130. The van der Waals surface area contributed by atoms with E-state index in [9.17, 15) is 28.0 Å². The van der Waals surface area contributed by atoms with Gasteiger partial charge in [-0.2, -0.15) is 8.42 Å². The highest BCUT2D eigenvalue weighted by molar-refractivity contribution is 7.85. The fraction of sp³-hybridized carbons (Fsp3) is 0.829. The number of carbonyl (C=O) groups is 1. The van der Waals surface area contributed by atoms with Crippen molar-refractivity contribution in [3.05, 3.63) is 36.5 Å². The van der Waals surface area contributed by atoms with Gasteiger partial charge < -0.3 is 15.5 Å². The Labute approximate surface area is 302 Å². The molecule has 0 aliphatic rings. The van der Waals surface area contributed by atoms with Crippen molar-refractivity contribution in [1.82, 2.24) is 5.32 Å². The van der Waals surface area contributed by atoms with Gasteiger partial charge in [0.25, 0.3) is 10.1 Å². The Morgan fingerprint density at radius 3 is 1.49 bits per heavy atom. The largest absolute Gasteiger partial charge is 0.387 e. The number of aliphatic hydroxyl groups is 2. The highest BCUT2D eigenvalue weighted by Crippen LogP contribution is 2.15. The van der Waals surface area contributed by atoms with Crippen LogP contribution in [0.15, 0.2) is 36.5 Å². The van der Waals surface area contributed by atoms with Crippen LogP contribution in [-0.4, -0.2) is 53.1 Å². The minimum atomic E-state index is -4.44. The van der Waals surface area contributed by atoms with Crippen LogP contribution < -0.4 is 5.32 Å². The smallest absolute Gasteiger partial charge is 0.267 e. The first kappa shape index (κ1) is 47.5. The lowest BCUT2D eigenvalue weighted by Crippen LogP contribution is -2.50. The quantitative estimate of drug-likeness (QED) is 0.0291. The first-order valence-electron chi connectivity index (χ1n) is 20.3. The second kappa shape index (κ2) is 34.9. The zero-order valence-corrected chi connectivity index (χ0v) is 32.5. The van der Waals surface area contributed by atoms with Gasteiger partial charge in [-0.05, 0) is 44.9 Å². The van der Waals surface area contributed by atoms with Crippen LogP contribution in [0, 0.1) is 0 Å². The zero-order chi connectivity index (χ0) is 36.3. The highest BCUT2D eigenvalue weighted by atomic mass is 32.2. The van der Waals surface area contributed by atoms with E-state index in [0.717, 1.165) is 51.4 Å². The molecule has 0 fully saturated rings. The summed E-state index contributed by atoms with van der Waals surface area (Å²) in [5.74, 6) is -1.53. The van der Waals surface area contributed by atoms with Gasteiger partial charge in [-0.15, -0.1) is 0 Å². The molecule has 0 heterocycles. The number of amides is 1. The number of aliphatic hydroxyl groups excluding tert-OH is 2. The molecule has 0 spiro atoms. The minimum Gasteiger partial charge on any atom is -0.387 e. The Hall–Kier alpha value is -1.48. The number of hydrogen-bond acceptors (Lipinski definition) is 5. The van der Waals surface area contributed by atoms with E-state index < -0.39 is 40.0 Å². The van der Waals surface area contributed by atoms with E-state index in [0.29, 0.717) is 6.42 Å². The summed E-state index contributed by atoms with van der Waals surface area (Å²) >= 11 is 0. The van der Waals surface area contributed by atoms with Crippen molar-refractivity contribution in [1.29, 1.82) is 0 Å². The summed E-state index contributed by atoms with van der Waals surface area (Å²) in [6.07, 6.45) is 42.0. The summed E-state index contributed by atoms with van der Waals surface area (Å²) in [5, 5.41) is 23.4. The Bertz CT molecular complexity index is 932. The van der Waals surface area contributed by atoms with Gasteiger partial charge in [0.05, 0.1) is 17.9 Å². The van der Waals surface area contributed by atoms with E-state index in [4.69, 9.17) is 0 Å². The molecular weight excluding hydrogens is 635 g/mol. The Morgan fingerprint density at radius 1 is 0.592 bits per heavy atom. The summed E-state index contributed by atoms with van der Waals surface area (Å²) in [5.41, 5.74) is 0. The third kappa shape index (κ3) is 34.7. The summed E-state index contributed by atoms with van der Waals surface area (Å²) in [6.45, 7) is 4.39. The topological polar surface area (TPSA) is 124 Å². The van der Waals surface area contributed by atoms with Crippen LogP contribution in [0.1, 0.15) is 194 Å². The van der Waals surface area contributed by atoms with E-state index in [1.807, 2.05) is 0 Å². The zero-order valence-electron chi connectivity index (χ0n) is 31.7. The lowest BCUT2D eigenvalue weighted by Gasteiger charge is -2.22. The van der Waals surface area contributed by atoms with Gasteiger partial charge in [0.1, 0.15) is 6.10 Å². The number of unbranched alkanes of at least 4 members (excludes halogenated alkanes) is 23. The van der Waals surface area contributed by atoms with Crippen LogP contribution in [0.4, 0.5) is 0 Å². The SMILES string of the molecule is CC/C=C\C/C=C\CCCCCCCCCCCCCCCC(O)C(=O)NC(CS(=O)(=O)O)C(O)/C=C/CCCCCCCCCCCC. The van der Waals surface area contributed by atoms with Gasteiger partial charge in [-0.1, -0.05) is 185 Å². The summed E-state index contributed by atoms with van der Waals surface area (Å²) in [7, 11) is -4.44. The third-order valence-corrected chi connectivity index (χ3v) is 9.96. The van der Waals surface area contributed by atoms with Crippen LogP contribution in [0.25, 0.3) is 0 Å². The average molecular weight is 712 g/mol. The second-order valence-corrected chi connectivity index (χ2v) is 15.5. The molecule has 4 N–H and O–H groups in total. The molecule has 7 nitrogen and oxygen atoms in total. The molecule has 0 aromatic carbocycles. The van der Waals surface area contributed by atoms with Crippen LogP contribution in [0.5, 0.6) is 0 Å². The van der Waals surface area contributed by atoms with Crippen molar-refractivity contribution in [2.75, 3.05) is 5.75 Å². The van der Waals surface area contributed by atoms with Gasteiger partial charge in [0.2, 0.25) is 5.91 Å². The van der Waals surface area contributed by atoms with Gasteiger partial charge in [0.15, 0.2) is 0 Å². The van der Waals surface area contributed by atoms with E-state index in [2.05, 4.69) is 43.5 Å². The first-order chi connectivity index (χ1) is 23.7. The Balaban J connectivity index is 3.97. The number of allylic oxidation sites excluding steroid dienone is 5. The second-order valence-electron chi connectivity index (χ2n) is 14.0. The predicted octanol–water partition coefficient (Wildman–Crippen LogP) is 10.7. The van der Waals surface area contributed by atoms with Crippen LogP contribution in [0.2, 0.25) is 0 Å². The minimum absolute atomic E-state index is 0.279. The van der Waals surface area contributed by atoms with Gasteiger partial charge in [-0.25, -0.2) is 0 Å². The maximum Gasteiger partial charge on any atom is 0.267 e. The van der Waals surface area contributed by atoms with Crippen molar-refractivity contribution < 1.29 is 28.0 Å². The van der Waals surface area contributed by atoms with Crippen LogP contribution >= 0.6 is 0 Å². The molecular formula is C41H77NO6S. The fourth-order valence-electron chi connectivity index (χ4n) is 6.08. The predicted molar refractivity (Wildman–Crippen MR) is 208 cm³/mol. The molecule has 0 aliphatic carbocycles. The molecule has 3 unspecified atom stereocenters. The number of nitrogens with one attached hydrogen (secondary N) is 1. The molecule has 288 valence electrons. The summed E-state index contributed by atoms with van der Waals surface area (Å²) in [4.78, 5) is 12.6. The number of rotatable bonds is 36. The molecule has 1 amide bonds. The van der Waals surface area contributed by atoms with Crippen molar-refractivity contribution >= 4 is 16.0 Å². The van der Waals surface area contributed by atoms with Crippen molar-refractivity contribution in [3.63, 3.8) is 0 Å². The number of carbonyl (C=O) groups excluding carboxylic acids is 1. The average Bonchev–Trinajstić information content (AvgIpc) is 3.06. The van der Waals surface area contributed by atoms with Crippen LogP contribution in [0.3, 0.4) is 0 Å². The third-order valence-electron chi connectivity index (χ3n) is 9.18. The maximum absolute atomic E-state index is 12.6. The molecule has 0 saturated heterocycles. The van der Waals surface area contributed by atoms with E-state index in [1.54, 1.807) is 6.08 Å². The Kier molecular flexibility index (Phi) is 33.9. The van der Waals surface area contributed by atoms with Crippen molar-refractivity contribution in [3.8, 4) is 0 Å². The molecule has 8 heteroatoms.